The molecule has 0 radical (unpaired) electrons. The van der Waals surface area contributed by atoms with E-state index in [9.17, 15) is 9.18 Å². The Balaban J connectivity index is 1.77. The minimum absolute atomic E-state index is 0.0833. The minimum Gasteiger partial charge on any atom is -0.494 e. The van der Waals surface area contributed by atoms with Crippen LogP contribution >= 0.6 is 0 Å². The summed E-state index contributed by atoms with van der Waals surface area (Å²) in [6.07, 6.45) is 0.465. The number of hydrogen-bond donors (Lipinski definition) is 1. The third kappa shape index (κ3) is 2.31. The Morgan fingerprint density at radius 2 is 1.92 bits per heavy atom. The highest BCUT2D eigenvalue weighted by Crippen LogP contribution is 2.35. The van der Waals surface area contributed by atoms with E-state index in [0.29, 0.717) is 29.9 Å². The quantitative estimate of drug-likeness (QED) is 0.766. The Kier molecular flexibility index (Phi) is 3.45. The molecule has 3 aromatic carbocycles. The summed E-state index contributed by atoms with van der Waals surface area (Å²) < 4.78 is 19.7. The summed E-state index contributed by atoms with van der Waals surface area (Å²) in [6.45, 7) is 2.38. The molecule has 3 aromatic rings. The molecule has 3 nitrogen and oxygen atoms in total. The van der Waals surface area contributed by atoms with Crippen molar-refractivity contribution in [1.29, 1.82) is 0 Å². The molecule has 4 rings (SSSR count). The number of rotatable bonds is 4. The van der Waals surface area contributed by atoms with Gasteiger partial charge < -0.3 is 10.1 Å². The SMILES string of the molecule is CCOc1ccc(Cc2ccc3c4c(cccc24)NC3=O)c(F)c1. The molecule has 0 bridgehead atoms. The number of hydrogen-bond acceptors (Lipinski definition) is 2. The molecular formula is C20H16FNO2. The third-order valence-electron chi connectivity index (χ3n) is 4.34. The summed E-state index contributed by atoms with van der Waals surface area (Å²) in [5.41, 5.74) is 3.10. The van der Waals surface area contributed by atoms with Gasteiger partial charge in [-0.25, -0.2) is 4.39 Å². The summed E-state index contributed by atoms with van der Waals surface area (Å²) in [7, 11) is 0. The molecule has 0 saturated heterocycles. The number of nitrogens with one attached hydrogen (secondary N) is 1. The largest absolute Gasteiger partial charge is 0.494 e. The van der Waals surface area contributed by atoms with Crippen molar-refractivity contribution in [2.45, 2.75) is 13.3 Å². The molecule has 0 aromatic heterocycles. The van der Waals surface area contributed by atoms with Gasteiger partial charge in [0, 0.05) is 29.1 Å². The molecule has 0 aliphatic carbocycles. The van der Waals surface area contributed by atoms with E-state index in [1.165, 1.54) is 6.07 Å². The molecule has 4 heteroatoms. The summed E-state index contributed by atoms with van der Waals surface area (Å²) in [5, 5.41) is 4.77. The highest BCUT2D eigenvalue weighted by molar-refractivity contribution is 6.24. The first-order valence-corrected chi connectivity index (χ1v) is 7.94. The maximum atomic E-state index is 14.3. The number of ether oxygens (including phenoxy) is 1. The van der Waals surface area contributed by atoms with Crippen LogP contribution in [-0.4, -0.2) is 12.5 Å². The molecule has 1 aliphatic rings. The van der Waals surface area contributed by atoms with Crippen LogP contribution in [0.4, 0.5) is 10.1 Å². The van der Waals surface area contributed by atoms with E-state index in [0.717, 1.165) is 22.0 Å². The van der Waals surface area contributed by atoms with Crippen LogP contribution in [-0.2, 0) is 6.42 Å². The van der Waals surface area contributed by atoms with Crippen molar-refractivity contribution in [1.82, 2.24) is 0 Å². The van der Waals surface area contributed by atoms with Gasteiger partial charge in [0.2, 0.25) is 0 Å². The van der Waals surface area contributed by atoms with Crippen molar-refractivity contribution < 1.29 is 13.9 Å². The summed E-state index contributed by atoms with van der Waals surface area (Å²) in [6, 6.07) is 14.5. The third-order valence-corrected chi connectivity index (χ3v) is 4.34. The van der Waals surface area contributed by atoms with E-state index >= 15 is 0 Å². The van der Waals surface area contributed by atoms with Gasteiger partial charge in [0.15, 0.2) is 0 Å². The molecule has 1 N–H and O–H groups in total. The van der Waals surface area contributed by atoms with Crippen LogP contribution in [0.1, 0.15) is 28.4 Å². The molecule has 0 fully saturated rings. The zero-order valence-electron chi connectivity index (χ0n) is 13.2. The Morgan fingerprint density at radius 3 is 2.71 bits per heavy atom. The predicted octanol–water partition coefficient (Wildman–Crippen LogP) is 4.53. The van der Waals surface area contributed by atoms with Gasteiger partial charge in [-0.1, -0.05) is 24.3 Å². The van der Waals surface area contributed by atoms with E-state index < -0.39 is 0 Å². The minimum atomic E-state index is -0.279. The Bertz CT molecular complexity index is 965. The zero-order valence-corrected chi connectivity index (χ0v) is 13.2. The van der Waals surface area contributed by atoms with Gasteiger partial charge in [-0.15, -0.1) is 0 Å². The molecular weight excluding hydrogens is 305 g/mol. The van der Waals surface area contributed by atoms with Crippen molar-refractivity contribution in [2.24, 2.45) is 0 Å². The van der Waals surface area contributed by atoms with Gasteiger partial charge in [0.1, 0.15) is 11.6 Å². The van der Waals surface area contributed by atoms with Gasteiger partial charge in [-0.2, -0.15) is 0 Å². The molecule has 24 heavy (non-hydrogen) atoms. The highest BCUT2D eigenvalue weighted by Gasteiger charge is 2.22. The Morgan fingerprint density at radius 1 is 1.08 bits per heavy atom. The second-order valence-corrected chi connectivity index (χ2v) is 5.82. The summed E-state index contributed by atoms with van der Waals surface area (Å²) in [4.78, 5) is 12.0. The molecule has 1 amide bonds. The fourth-order valence-corrected chi connectivity index (χ4v) is 3.24. The smallest absolute Gasteiger partial charge is 0.256 e. The van der Waals surface area contributed by atoms with Crippen LogP contribution in [0.5, 0.6) is 5.75 Å². The predicted molar refractivity (Wildman–Crippen MR) is 92.3 cm³/mol. The van der Waals surface area contributed by atoms with Gasteiger partial charge >= 0.3 is 0 Å². The van der Waals surface area contributed by atoms with E-state index in [2.05, 4.69) is 5.32 Å². The van der Waals surface area contributed by atoms with Crippen LogP contribution in [0.15, 0.2) is 48.5 Å². The summed E-state index contributed by atoms with van der Waals surface area (Å²) in [5.74, 6) is 0.173. The van der Waals surface area contributed by atoms with Gasteiger partial charge in [0.05, 0.1) is 6.61 Å². The average molecular weight is 321 g/mol. The van der Waals surface area contributed by atoms with Crippen molar-refractivity contribution in [3.63, 3.8) is 0 Å². The van der Waals surface area contributed by atoms with Crippen LogP contribution in [0.3, 0.4) is 0 Å². The summed E-state index contributed by atoms with van der Waals surface area (Å²) >= 11 is 0. The number of amides is 1. The lowest BCUT2D eigenvalue weighted by Gasteiger charge is -2.10. The van der Waals surface area contributed by atoms with Crippen LogP contribution in [0.2, 0.25) is 0 Å². The fraction of sp³-hybridized carbons (Fsp3) is 0.150. The first kappa shape index (κ1) is 14.7. The zero-order chi connectivity index (χ0) is 16.7. The lowest BCUT2D eigenvalue weighted by Crippen LogP contribution is -2.04. The number of carbonyl (C=O) groups excluding carboxylic acids is 1. The second kappa shape index (κ2) is 5.64. The van der Waals surface area contributed by atoms with E-state index in [-0.39, 0.29) is 11.7 Å². The fourth-order valence-electron chi connectivity index (χ4n) is 3.24. The lowest BCUT2D eigenvalue weighted by molar-refractivity contribution is 0.103. The second-order valence-electron chi connectivity index (χ2n) is 5.82. The van der Waals surface area contributed by atoms with Crippen molar-refractivity contribution >= 4 is 22.4 Å². The lowest BCUT2D eigenvalue weighted by atomic mass is 9.95. The van der Waals surface area contributed by atoms with Crippen molar-refractivity contribution in [2.75, 3.05) is 11.9 Å². The maximum absolute atomic E-state index is 14.3. The molecule has 120 valence electrons. The number of carbonyl (C=O) groups is 1. The van der Waals surface area contributed by atoms with Gasteiger partial charge in [-0.3, -0.25) is 4.79 Å². The normalized spacial score (nSPS) is 12.5. The molecule has 0 saturated carbocycles. The number of halogens is 1. The first-order chi connectivity index (χ1) is 11.7. The molecule has 0 unspecified atom stereocenters. The Labute approximate surface area is 139 Å². The van der Waals surface area contributed by atoms with Gasteiger partial charge in [0.25, 0.3) is 5.91 Å². The Hall–Kier alpha value is -2.88. The maximum Gasteiger partial charge on any atom is 0.256 e. The van der Waals surface area contributed by atoms with Crippen LogP contribution in [0, 0.1) is 5.82 Å². The highest BCUT2D eigenvalue weighted by atomic mass is 19.1. The number of anilines is 1. The van der Waals surface area contributed by atoms with Crippen LogP contribution in [0.25, 0.3) is 10.8 Å². The van der Waals surface area contributed by atoms with Gasteiger partial charge in [-0.05, 0) is 41.6 Å². The van der Waals surface area contributed by atoms with Crippen LogP contribution < -0.4 is 10.1 Å². The molecule has 1 heterocycles. The monoisotopic (exact) mass is 321 g/mol. The molecule has 0 atom stereocenters. The topological polar surface area (TPSA) is 38.3 Å². The molecule has 1 aliphatic heterocycles. The van der Waals surface area contributed by atoms with E-state index in [1.807, 2.05) is 37.3 Å². The van der Waals surface area contributed by atoms with E-state index in [4.69, 9.17) is 4.74 Å². The molecule has 0 spiro atoms. The van der Waals surface area contributed by atoms with E-state index in [1.54, 1.807) is 12.1 Å². The van der Waals surface area contributed by atoms with Crippen molar-refractivity contribution in [3.8, 4) is 5.75 Å². The standard InChI is InChI=1S/C20H16FNO2/c1-2-24-14-8-6-13(17(21)11-14)10-12-7-9-16-19-15(12)4-3-5-18(19)22-20(16)23/h3-9,11H,2,10H2,1H3,(H,22,23). The number of benzene rings is 3. The first-order valence-electron chi connectivity index (χ1n) is 7.94. The average Bonchev–Trinajstić information content (AvgIpc) is 2.90. The van der Waals surface area contributed by atoms with Crippen molar-refractivity contribution in [3.05, 3.63) is 71.0 Å².